The van der Waals surface area contributed by atoms with Gasteiger partial charge in [-0.05, 0) is 32.4 Å². The molecule has 9 nitrogen and oxygen atoms in total. The predicted molar refractivity (Wildman–Crippen MR) is 90.9 cm³/mol. The summed E-state index contributed by atoms with van der Waals surface area (Å²) in [5.74, 6) is -1.02. The van der Waals surface area contributed by atoms with Crippen LogP contribution in [0.25, 0.3) is 0 Å². The van der Waals surface area contributed by atoms with Crippen LogP contribution in [0.5, 0.6) is 0 Å². The number of hydrogen-bond acceptors (Lipinski definition) is 5. The van der Waals surface area contributed by atoms with Crippen molar-refractivity contribution in [2.75, 3.05) is 18.1 Å². The molecule has 9 heteroatoms. The quantitative estimate of drug-likeness (QED) is 0.774. The van der Waals surface area contributed by atoms with Crippen LogP contribution in [0.2, 0.25) is 0 Å². The zero-order valence-corrected chi connectivity index (χ0v) is 14.6. The van der Waals surface area contributed by atoms with Gasteiger partial charge in [-0.15, -0.1) is 0 Å². The Hall–Kier alpha value is -3.10. The molecule has 0 saturated carbocycles. The molecule has 1 fully saturated rings. The minimum Gasteiger partial charge on any atom is -0.449 e. The standard InChI is InChI=1S/C17H20N4O5/c1-3-26-16(25)19-18-13(22)10-20-15(24)11-6-4-5-7-12(11)21-14(23)8-9-17(20,21)2/h4-7H,3,8-10H2,1-2H3,(H,18,22)(H,19,25). The van der Waals surface area contributed by atoms with Crippen LogP contribution in [0.15, 0.2) is 24.3 Å². The largest absolute Gasteiger partial charge is 0.449 e. The molecule has 0 aromatic heterocycles. The van der Waals surface area contributed by atoms with E-state index in [2.05, 4.69) is 15.6 Å². The van der Waals surface area contributed by atoms with Crippen molar-refractivity contribution in [3.8, 4) is 0 Å². The third-order valence-corrected chi connectivity index (χ3v) is 4.63. The van der Waals surface area contributed by atoms with Gasteiger partial charge in [-0.2, -0.15) is 0 Å². The second-order valence-corrected chi connectivity index (χ2v) is 6.25. The van der Waals surface area contributed by atoms with E-state index in [4.69, 9.17) is 0 Å². The number of para-hydroxylation sites is 1. The van der Waals surface area contributed by atoms with E-state index < -0.39 is 17.7 Å². The Bertz CT molecular complexity index is 780. The Morgan fingerprint density at radius 2 is 1.96 bits per heavy atom. The van der Waals surface area contributed by atoms with E-state index in [-0.39, 0.29) is 31.4 Å². The Balaban J connectivity index is 1.83. The number of hydrogen-bond donors (Lipinski definition) is 2. The third-order valence-electron chi connectivity index (χ3n) is 4.63. The van der Waals surface area contributed by atoms with Gasteiger partial charge >= 0.3 is 6.09 Å². The van der Waals surface area contributed by atoms with E-state index in [9.17, 15) is 19.2 Å². The number of amides is 4. The van der Waals surface area contributed by atoms with Crippen LogP contribution in [0.3, 0.4) is 0 Å². The summed E-state index contributed by atoms with van der Waals surface area (Å²) < 4.78 is 4.65. The summed E-state index contributed by atoms with van der Waals surface area (Å²) in [5, 5.41) is 0. The lowest BCUT2D eigenvalue weighted by atomic mass is 9.98. The van der Waals surface area contributed by atoms with Gasteiger partial charge in [0.15, 0.2) is 0 Å². The number of anilines is 1. The molecule has 1 unspecified atom stereocenters. The van der Waals surface area contributed by atoms with Crippen molar-refractivity contribution in [1.82, 2.24) is 15.8 Å². The van der Waals surface area contributed by atoms with Crippen molar-refractivity contribution < 1.29 is 23.9 Å². The highest BCUT2D eigenvalue weighted by atomic mass is 16.6. The molecule has 1 atom stereocenters. The average molecular weight is 360 g/mol. The maximum Gasteiger partial charge on any atom is 0.426 e. The summed E-state index contributed by atoms with van der Waals surface area (Å²) in [7, 11) is 0. The first-order chi connectivity index (χ1) is 12.4. The molecule has 2 heterocycles. The molecule has 0 spiro atoms. The summed E-state index contributed by atoms with van der Waals surface area (Å²) >= 11 is 0. The molecular formula is C17H20N4O5. The molecule has 1 aromatic rings. The van der Waals surface area contributed by atoms with Gasteiger partial charge in [0.2, 0.25) is 5.91 Å². The van der Waals surface area contributed by atoms with E-state index in [1.54, 1.807) is 43.0 Å². The number of hydrazine groups is 1. The second kappa shape index (κ2) is 6.66. The van der Waals surface area contributed by atoms with Gasteiger partial charge in [0.25, 0.3) is 11.8 Å². The topological polar surface area (TPSA) is 108 Å². The van der Waals surface area contributed by atoms with Gasteiger partial charge in [0, 0.05) is 6.42 Å². The van der Waals surface area contributed by atoms with E-state index >= 15 is 0 Å². The molecule has 2 aliphatic heterocycles. The summed E-state index contributed by atoms with van der Waals surface area (Å²) in [4.78, 5) is 51.8. The number of benzene rings is 1. The van der Waals surface area contributed by atoms with Gasteiger partial charge in [-0.3, -0.25) is 24.7 Å². The maximum absolute atomic E-state index is 12.9. The van der Waals surface area contributed by atoms with Crippen LogP contribution in [0, 0.1) is 0 Å². The minimum atomic E-state index is -0.927. The predicted octanol–water partition coefficient (Wildman–Crippen LogP) is 0.763. The average Bonchev–Trinajstić information content (AvgIpc) is 2.93. The van der Waals surface area contributed by atoms with Crippen molar-refractivity contribution in [1.29, 1.82) is 0 Å². The van der Waals surface area contributed by atoms with Crippen molar-refractivity contribution in [3.05, 3.63) is 29.8 Å². The lowest BCUT2D eigenvalue weighted by Gasteiger charge is -2.48. The zero-order chi connectivity index (χ0) is 18.9. The summed E-state index contributed by atoms with van der Waals surface area (Å²) in [5.41, 5.74) is 4.31. The smallest absolute Gasteiger partial charge is 0.426 e. The number of nitrogens with one attached hydrogen (secondary N) is 2. The molecule has 0 bridgehead atoms. The van der Waals surface area contributed by atoms with E-state index in [0.29, 0.717) is 17.7 Å². The number of ether oxygens (including phenoxy) is 1. The minimum absolute atomic E-state index is 0.0949. The maximum atomic E-state index is 12.9. The van der Waals surface area contributed by atoms with Crippen molar-refractivity contribution in [2.24, 2.45) is 0 Å². The van der Waals surface area contributed by atoms with Gasteiger partial charge in [-0.1, -0.05) is 12.1 Å². The highest BCUT2D eigenvalue weighted by Crippen LogP contribution is 2.43. The Labute approximate surface area is 150 Å². The first-order valence-electron chi connectivity index (χ1n) is 8.34. The number of carbonyl (C=O) groups is 4. The SMILES string of the molecule is CCOC(=O)NNC(=O)CN1C(=O)c2ccccc2N2C(=O)CCC12C. The number of fused-ring (bicyclic) bond motifs is 3. The first-order valence-corrected chi connectivity index (χ1v) is 8.34. The van der Waals surface area contributed by atoms with Gasteiger partial charge < -0.3 is 9.64 Å². The molecule has 0 aliphatic carbocycles. The van der Waals surface area contributed by atoms with Gasteiger partial charge in [0.1, 0.15) is 12.2 Å². The van der Waals surface area contributed by atoms with Crippen molar-refractivity contribution >= 4 is 29.5 Å². The summed E-state index contributed by atoms with van der Waals surface area (Å²) in [6.07, 6.45) is -0.0815. The first kappa shape index (κ1) is 17.7. The van der Waals surface area contributed by atoms with Crippen LogP contribution < -0.4 is 15.8 Å². The molecule has 26 heavy (non-hydrogen) atoms. The normalized spacial score (nSPS) is 21.2. The van der Waals surface area contributed by atoms with Crippen molar-refractivity contribution in [2.45, 2.75) is 32.4 Å². The van der Waals surface area contributed by atoms with E-state index in [0.717, 1.165) is 0 Å². The van der Waals surface area contributed by atoms with Crippen LogP contribution in [0.4, 0.5) is 10.5 Å². The molecule has 4 amide bonds. The number of carbonyl (C=O) groups excluding carboxylic acids is 4. The molecule has 1 aromatic carbocycles. The molecule has 2 aliphatic rings. The molecule has 3 rings (SSSR count). The van der Waals surface area contributed by atoms with E-state index in [1.807, 2.05) is 0 Å². The fourth-order valence-corrected chi connectivity index (χ4v) is 3.41. The van der Waals surface area contributed by atoms with Crippen LogP contribution >= 0.6 is 0 Å². The summed E-state index contributed by atoms with van der Waals surface area (Å²) in [6.45, 7) is 3.26. The lowest BCUT2D eigenvalue weighted by molar-refractivity contribution is -0.124. The van der Waals surface area contributed by atoms with Crippen LogP contribution in [-0.4, -0.2) is 47.5 Å². The Kier molecular flexibility index (Phi) is 4.54. The van der Waals surface area contributed by atoms with Crippen LogP contribution in [0.1, 0.15) is 37.0 Å². The van der Waals surface area contributed by atoms with E-state index in [1.165, 1.54) is 4.90 Å². The zero-order valence-electron chi connectivity index (χ0n) is 14.6. The monoisotopic (exact) mass is 360 g/mol. The second-order valence-electron chi connectivity index (χ2n) is 6.25. The highest BCUT2D eigenvalue weighted by Gasteiger charge is 2.53. The van der Waals surface area contributed by atoms with Crippen LogP contribution in [-0.2, 0) is 14.3 Å². The molecule has 138 valence electrons. The molecule has 1 saturated heterocycles. The van der Waals surface area contributed by atoms with Gasteiger partial charge in [0.05, 0.1) is 17.9 Å². The number of rotatable bonds is 3. The molecule has 2 N–H and O–H groups in total. The fourth-order valence-electron chi connectivity index (χ4n) is 3.41. The Morgan fingerprint density at radius 3 is 2.69 bits per heavy atom. The lowest BCUT2D eigenvalue weighted by Crippen LogP contribution is -2.64. The third kappa shape index (κ3) is 2.85. The highest BCUT2D eigenvalue weighted by molar-refractivity contribution is 6.11. The fraction of sp³-hybridized carbons (Fsp3) is 0.412. The number of nitrogens with zero attached hydrogens (tertiary/aromatic N) is 2. The van der Waals surface area contributed by atoms with Crippen molar-refractivity contribution in [3.63, 3.8) is 0 Å². The summed E-state index contributed by atoms with van der Waals surface area (Å²) in [6, 6.07) is 6.84. The molecule has 0 radical (unpaired) electrons. The molecular weight excluding hydrogens is 340 g/mol. The van der Waals surface area contributed by atoms with Gasteiger partial charge in [-0.25, -0.2) is 10.2 Å². The Morgan fingerprint density at radius 1 is 1.23 bits per heavy atom.